The smallest absolute Gasteiger partial charge is 0.269 e. The van der Waals surface area contributed by atoms with Crippen LogP contribution in [0.3, 0.4) is 0 Å². The summed E-state index contributed by atoms with van der Waals surface area (Å²) >= 11 is 0. The predicted octanol–water partition coefficient (Wildman–Crippen LogP) is 1.69. The number of ether oxygens (including phenoxy) is 1. The fourth-order valence-electron chi connectivity index (χ4n) is 1.65. The Morgan fingerprint density at radius 2 is 1.94 bits per heavy atom. The molecule has 0 atom stereocenters. The van der Waals surface area contributed by atoms with Crippen molar-refractivity contribution >= 4 is 10.0 Å². The van der Waals surface area contributed by atoms with Gasteiger partial charge < -0.3 is 4.74 Å². The fraction of sp³-hybridized carbons (Fsp3) is 0.250. The average Bonchev–Trinajstić information content (AvgIpc) is 2.88. The van der Waals surface area contributed by atoms with Crippen LogP contribution in [0, 0.1) is 0 Å². The summed E-state index contributed by atoms with van der Waals surface area (Å²) in [5.74, 6) is 1.14. The first-order valence-electron chi connectivity index (χ1n) is 5.51. The zero-order valence-corrected chi connectivity index (χ0v) is 11.0. The summed E-state index contributed by atoms with van der Waals surface area (Å²) in [6, 6.07) is 6.28. The summed E-state index contributed by atoms with van der Waals surface area (Å²) in [5.41, 5.74) is 0. The summed E-state index contributed by atoms with van der Waals surface area (Å²) in [5, 5.41) is 0. The lowest BCUT2D eigenvalue weighted by molar-refractivity contribution is 0.414. The van der Waals surface area contributed by atoms with Gasteiger partial charge in [-0.3, -0.25) is 0 Å². The molecule has 0 unspecified atom stereocenters. The van der Waals surface area contributed by atoms with Gasteiger partial charge in [-0.2, -0.15) is 0 Å². The molecule has 0 radical (unpaired) electrons. The van der Waals surface area contributed by atoms with Gasteiger partial charge in [0.05, 0.1) is 12.0 Å². The van der Waals surface area contributed by atoms with Crippen molar-refractivity contribution in [2.24, 2.45) is 0 Å². The Bertz CT molecular complexity index is 630. The van der Waals surface area contributed by atoms with Gasteiger partial charge >= 0.3 is 0 Å². The zero-order chi connectivity index (χ0) is 13.2. The van der Waals surface area contributed by atoms with Crippen molar-refractivity contribution in [2.75, 3.05) is 7.11 Å². The van der Waals surface area contributed by atoms with E-state index < -0.39 is 10.0 Å². The second-order valence-electron chi connectivity index (χ2n) is 3.67. The van der Waals surface area contributed by atoms with E-state index in [1.165, 1.54) is 35.6 Å². The number of nitrogens with zero attached hydrogens (tertiary/aromatic N) is 2. The van der Waals surface area contributed by atoms with Gasteiger partial charge in [0.2, 0.25) is 0 Å². The summed E-state index contributed by atoms with van der Waals surface area (Å²) in [6.45, 7) is 1.86. The number of rotatable bonds is 4. The van der Waals surface area contributed by atoms with E-state index in [-0.39, 0.29) is 4.90 Å². The highest BCUT2D eigenvalue weighted by Crippen LogP contribution is 2.19. The third kappa shape index (κ3) is 2.11. The molecule has 0 spiro atoms. The van der Waals surface area contributed by atoms with E-state index in [2.05, 4.69) is 4.98 Å². The van der Waals surface area contributed by atoms with Gasteiger partial charge in [-0.05, 0) is 24.3 Å². The number of benzene rings is 1. The Hall–Kier alpha value is -1.82. The van der Waals surface area contributed by atoms with Gasteiger partial charge in [0.1, 0.15) is 11.6 Å². The molecule has 0 N–H and O–H groups in total. The molecule has 1 heterocycles. The molecule has 1 aromatic carbocycles. The molecule has 0 bridgehead atoms. The minimum absolute atomic E-state index is 0.219. The molecule has 2 aromatic rings. The molecule has 5 nitrogen and oxygen atoms in total. The third-order valence-electron chi connectivity index (χ3n) is 2.61. The van der Waals surface area contributed by atoms with Gasteiger partial charge in [0.25, 0.3) is 10.0 Å². The highest BCUT2D eigenvalue weighted by molar-refractivity contribution is 7.90. The second kappa shape index (κ2) is 4.81. The van der Waals surface area contributed by atoms with Crippen molar-refractivity contribution < 1.29 is 13.2 Å². The molecule has 96 valence electrons. The van der Waals surface area contributed by atoms with Crippen LogP contribution in [0.15, 0.2) is 41.6 Å². The van der Waals surface area contributed by atoms with Crippen LogP contribution < -0.4 is 4.74 Å². The van der Waals surface area contributed by atoms with Crippen molar-refractivity contribution in [3.8, 4) is 5.75 Å². The van der Waals surface area contributed by atoms with Gasteiger partial charge in [0, 0.05) is 18.8 Å². The maximum atomic E-state index is 12.4. The van der Waals surface area contributed by atoms with E-state index in [1.54, 1.807) is 12.1 Å². The molecular formula is C12H14N2O3S. The third-order valence-corrected chi connectivity index (χ3v) is 4.33. The van der Waals surface area contributed by atoms with Gasteiger partial charge in [-0.15, -0.1) is 0 Å². The van der Waals surface area contributed by atoms with Gasteiger partial charge in [-0.1, -0.05) is 6.92 Å². The summed E-state index contributed by atoms with van der Waals surface area (Å²) < 4.78 is 30.9. The predicted molar refractivity (Wildman–Crippen MR) is 67.2 cm³/mol. The Labute approximate surface area is 106 Å². The summed E-state index contributed by atoms with van der Waals surface area (Å²) in [4.78, 5) is 4.24. The van der Waals surface area contributed by atoms with Crippen molar-refractivity contribution in [1.82, 2.24) is 8.96 Å². The molecule has 18 heavy (non-hydrogen) atoms. The van der Waals surface area contributed by atoms with Crippen LogP contribution in [-0.4, -0.2) is 24.5 Å². The SMILES string of the molecule is CCc1nccn1S(=O)(=O)c1ccc(OC)cc1. The van der Waals surface area contributed by atoms with Crippen LogP contribution >= 0.6 is 0 Å². The number of hydrogen-bond donors (Lipinski definition) is 0. The number of methoxy groups -OCH3 is 1. The second-order valence-corrected chi connectivity index (χ2v) is 5.49. The maximum absolute atomic E-state index is 12.4. The van der Waals surface area contributed by atoms with E-state index in [4.69, 9.17) is 4.74 Å². The monoisotopic (exact) mass is 266 g/mol. The Morgan fingerprint density at radius 3 is 2.50 bits per heavy atom. The average molecular weight is 266 g/mol. The van der Waals surface area contributed by atoms with E-state index in [0.717, 1.165) is 0 Å². The van der Waals surface area contributed by atoms with Crippen molar-refractivity contribution in [1.29, 1.82) is 0 Å². The lowest BCUT2D eigenvalue weighted by Crippen LogP contribution is -2.14. The number of imidazole rings is 1. The van der Waals surface area contributed by atoms with Crippen LogP contribution in [0.25, 0.3) is 0 Å². The minimum Gasteiger partial charge on any atom is -0.497 e. The van der Waals surface area contributed by atoms with E-state index in [0.29, 0.717) is 18.0 Å². The molecule has 0 saturated carbocycles. The topological polar surface area (TPSA) is 61.2 Å². The molecule has 0 aliphatic rings. The standard InChI is InChI=1S/C12H14N2O3S/c1-3-12-13-8-9-14(12)18(15,16)11-6-4-10(17-2)5-7-11/h4-9H,3H2,1-2H3. The molecule has 0 saturated heterocycles. The molecule has 1 aromatic heterocycles. The van der Waals surface area contributed by atoms with Crippen LogP contribution in [0.2, 0.25) is 0 Å². The normalized spacial score (nSPS) is 11.4. The van der Waals surface area contributed by atoms with Gasteiger partial charge in [0.15, 0.2) is 0 Å². The van der Waals surface area contributed by atoms with Crippen LogP contribution in [-0.2, 0) is 16.4 Å². The minimum atomic E-state index is -3.56. The van der Waals surface area contributed by atoms with Crippen molar-refractivity contribution in [3.05, 3.63) is 42.5 Å². The first kappa shape index (κ1) is 12.6. The fourth-order valence-corrected chi connectivity index (χ4v) is 3.03. The molecule has 0 aliphatic carbocycles. The first-order chi connectivity index (χ1) is 8.59. The van der Waals surface area contributed by atoms with E-state index in [9.17, 15) is 8.42 Å². The molecular weight excluding hydrogens is 252 g/mol. The Morgan fingerprint density at radius 1 is 1.28 bits per heavy atom. The quantitative estimate of drug-likeness (QED) is 0.845. The first-order valence-corrected chi connectivity index (χ1v) is 6.95. The highest BCUT2D eigenvalue weighted by Gasteiger charge is 2.19. The zero-order valence-electron chi connectivity index (χ0n) is 10.2. The number of aryl methyl sites for hydroxylation is 1. The summed E-state index contributed by atoms with van der Waals surface area (Å²) in [6.07, 6.45) is 3.50. The van der Waals surface area contributed by atoms with Crippen LogP contribution in [0.1, 0.15) is 12.7 Å². The Balaban J connectivity index is 2.48. The molecule has 2 rings (SSSR count). The van der Waals surface area contributed by atoms with Crippen LogP contribution in [0.4, 0.5) is 0 Å². The molecule has 0 amide bonds. The van der Waals surface area contributed by atoms with Gasteiger partial charge in [-0.25, -0.2) is 17.4 Å². The Kier molecular flexibility index (Phi) is 3.38. The number of hydrogen-bond acceptors (Lipinski definition) is 4. The maximum Gasteiger partial charge on any atom is 0.269 e. The largest absolute Gasteiger partial charge is 0.497 e. The van der Waals surface area contributed by atoms with Crippen LogP contribution in [0.5, 0.6) is 5.75 Å². The lowest BCUT2D eigenvalue weighted by atomic mass is 10.3. The molecule has 0 aliphatic heterocycles. The highest BCUT2D eigenvalue weighted by atomic mass is 32.2. The van der Waals surface area contributed by atoms with E-state index >= 15 is 0 Å². The van der Waals surface area contributed by atoms with Crippen molar-refractivity contribution in [3.63, 3.8) is 0 Å². The lowest BCUT2D eigenvalue weighted by Gasteiger charge is -2.08. The number of aromatic nitrogens is 2. The van der Waals surface area contributed by atoms with Crippen molar-refractivity contribution in [2.45, 2.75) is 18.2 Å². The molecule has 0 fully saturated rings. The summed E-state index contributed by atoms with van der Waals surface area (Å²) in [7, 11) is -2.03. The molecule has 6 heteroatoms. The van der Waals surface area contributed by atoms with E-state index in [1.807, 2.05) is 6.92 Å².